The lowest BCUT2D eigenvalue weighted by Crippen LogP contribution is -2.31. The lowest BCUT2D eigenvalue weighted by molar-refractivity contribution is -0.125. The van der Waals surface area contributed by atoms with Crippen molar-refractivity contribution in [2.45, 2.75) is 43.5 Å². The minimum atomic E-state index is -3.72. The van der Waals surface area contributed by atoms with E-state index in [-0.39, 0.29) is 22.8 Å². The van der Waals surface area contributed by atoms with E-state index in [4.69, 9.17) is 5.14 Å². The van der Waals surface area contributed by atoms with Gasteiger partial charge in [0.05, 0.1) is 10.9 Å². The molecule has 0 heterocycles. The lowest BCUT2D eigenvalue weighted by atomic mass is 10.0. The van der Waals surface area contributed by atoms with Gasteiger partial charge >= 0.3 is 0 Å². The van der Waals surface area contributed by atoms with Crippen LogP contribution >= 0.6 is 0 Å². The molecule has 1 amide bonds. The Balaban J connectivity index is 2.09. The smallest absolute Gasteiger partial charge is 0.238 e. The van der Waals surface area contributed by atoms with E-state index in [1.807, 2.05) is 6.92 Å². The maximum atomic E-state index is 12.1. The fraction of sp³-hybridized carbons (Fsp3) is 0.500. The van der Waals surface area contributed by atoms with E-state index in [1.165, 1.54) is 12.1 Å². The quantitative estimate of drug-likeness (QED) is 0.886. The largest absolute Gasteiger partial charge is 0.349 e. The Labute approximate surface area is 119 Å². The Bertz CT molecular complexity index is 592. The first-order chi connectivity index (χ1) is 9.38. The molecule has 0 aliphatic heterocycles. The number of nitrogens with two attached hydrogens (primary N) is 1. The summed E-state index contributed by atoms with van der Waals surface area (Å²) in [5, 5.41) is 8.05. The Morgan fingerprint density at radius 3 is 2.60 bits per heavy atom. The van der Waals surface area contributed by atoms with Crippen LogP contribution in [0.15, 0.2) is 29.2 Å². The predicted octanol–water partition coefficient (Wildman–Crippen LogP) is 1.70. The van der Waals surface area contributed by atoms with Gasteiger partial charge in [0.1, 0.15) is 0 Å². The minimum absolute atomic E-state index is 0.0519. The molecule has 0 spiro atoms. The number of rotatable bonds is 4. The van der Waals surface area contributed by atoms with E-state index >= 15 is 0 Å². The Morgan fingerprint density at radius 1 is 1.35 bits per heavy atom. The first-order valence-electron chi connectivity index (χ1n) is 6.81. The van der Waals surface area contributed by atoms with Crippen molar-refractivity contribution in [1.29, 1.82) is 0 Å². The van der Waals surface area contributed by atoms with Gasteiger partial charge in [0, 0.05) is 5.92 Å². The maximum Gasteiger partial charge on any atom is 0.238 e. The van der Waals surface area contributed by atoms with Crippen LogP contribution in [0.1, 0.15) is 44.2 Å². The average molecular weight is 296 g/mol. The number of carbonyl (C=O) groups excluding carboxylic acids is 1. The molecule has 0 bridgehead atoms. The third-order valence-electron chi connectivity index (χ3n) is 3.77. The SMILES string of the molecule is CC(NC(=O)C1CCCC1)c1cccc(S(N)(=O)=O)c1. The van der Waals surface area contributed by atoms with E-state index in [2.05, 4.69) is 5.32 Å². The van der Waals surface area contributed by atoms with Crippen LogP contribution in [0.3, 0.4) is 0 Å². The number of sulfonamides is 1. The molecule has 0 saturated heterocycles. The normalized spacial score (nSPS) is 17.9. The monoisotopic (exact) mass is 296 g/mol. The van der Waals surface area contributed by atoms with Crippen LogP contribution in [-0.2, 0) is 14.8 Å². The van der Waals surface area contributed by atoms with Gasteiger partial charge in [0.25, 0.3) is 0 Å². The number of benzene rings is 1. The Morgan fingerprint density at radius 2 is 2.00 bits per heavy atom. The number of hydrogen-bond donors (Lipinski definition) is 2. The summed E-state index contributed by atoms with van der Waals surface area (Å²) >= 11 is 0. The highest BCUT2D eigenvalue weighted by molar-refractivity contribution is 7.89. The van der Waals surface area contributed by atoms with Crippen molar-refractivity contribution in [3.63, 3.8) is 0 Å². The van der Waals surface area contributed by atoms with Crippen molar-refractivity contribution >= 4 is 15.9 Å². The number of carbonyl (C=O) groups is 1. The van der Waals surface area contributed by atoms with Crippen molar-refractivity contribution in [1.82, 2.24) is 5.32 Å². The third-order valence-corrected chi connectivity index (χ3v) is 4.68. The van der Waals surface area contributed by atoms with E-state index in [0.717, 1.165) is 31.2 Å². The van der Waals surface area contributed by atoms with Crippen molar-refractivity contribution in [3.05, 3.63) is 29.8 Å². The molecule has 110 valence electrons. The van der Waals surface area contributed by atoms with Gasteiger partial charge < -0.3 is 5.32 Å². The van der Waals surface area contributed by atoms with Gasteiger partial charge in [-0.05, 0) is 37.5 Å². The molecule has 1 aliphatic carbocycles. The summed E-state index contributed by atoms with van der Waals surface area (Å²) in [7, 11) is -3.72. The minimum Gasteiger partial charge on any atom is -0.349 e. The molecule has 1 aliphatic rings. The van der Waals surface area contributed by atoms with Crippen LogP contribution in [0.25, 0.3) is 0 Å². The average Bonchev–Trinajstić information content (AvgIpc) is 2.91. The van der Waals surface area contributed by atoms with Gasteiger partial charge in [-0.2, -0.15) is 0 Å². The summed E-state index contributed by atoms with van der Waals surface area (Å²) in [5.41, 5.74) is 0.739. The van der Waals surface area contributed by atoms with Gasteiger partial charge in [-0.15, -0.1) is 0 Å². The van der Waals surface area contributed by atoms with Crippen LogP contribution in [-0.4, -0.2) is 14.3 Å². The second kappa shape index (κ2) is 5.93. The molecule has 1 unspecified atom stereocenters. The molecule has 20 heavy (non-hydrogen) atoms. The summed E-state index contributed by atoms with van der Waals surface area (Å²) in [6.45, 7) is 1.84. The van der Waals surface area contributed by atoms with Gasteiger partial charge in [0.2, 0.25) is 15.9 Å². The topological polar surface area (TPSA) is 89.3 Å². The Hall–Kier alpha value is -1.40. The molecule has 1 atom stereocenters. The van der Waals surface area contributed by atoms with Gasteiger partial charge in [-0.1, -0.05) is 25.0 Å². The van der Waals surface area contributed by atoms with E-state index in [1.54, 1.807) is 12.1 Å². The number of nitrogens with one attached hydrogen (secondary N) is 1. The Kier molecular flexibility index (Phi) is 4.45. The highest BCUT2D eigenvalue weighted by Crippen LogP contribution is 2.26. The molecule has 2 rings (SSSR count). The van der Waals surface area contributed by atoms with Crippen LogP contribution in [0.4, 0.5) is 0 Å². The summed E-state index contributed by atoms with van der Waals surface area (Å²) in [6, 6.07) is 6.14. The molecule has 1 fully saturated rings. The van der Waals surface area contributed by atoms with Crippen LogP contribution in [0.5, 0.6) is 0 Å². The molecule has 5 nitrogen and oxygen atoms in total. The second-order valence-electron chi connectivity index (χ2n) is 5.33. The van der Waals surface area contributed by atoms with Crippen molar-refractivity contribution in [3.8, 4) is 0 Å². The third kappa shape index (κ3) is 3.58. The first kappa shape index (κ1) is 15.0. The van der Waals surface area contributed by atoms with Gasteiger partial charge in [0.15, 0.2) is 0 Å². The highest BCUT2D eigenvalue weighted by atomic mass is 32.2. The van der Waals surface area contributed by atoms with Crippen LogP contribution in [0, 0.1) is 5.92 Å². The predicted molar refractivity (Wildman–Crippen MR) is 76.3 cm³/mol. The standard InChI is InChI=1S/C14H20N2O3S/c1-10(16-14(17)11-5-2-3-6-11)12-7-4-8-13(9-12)20(15,18)19/h4,7-11H,2-3,5-6H2,1H3,(H,16,17)(H2,15,18,19). The molecule has 6 heteroatoms. The summed E-state index contributed by atoms with van der Waals surface area (Å²) in [4.78, 5) is 12.1. The van der Waals surface area contributed by atoms with Crippen LogP contribution in [0.2, 0.25) is 0 Å². The fourth-order valence-electron chi connectivity index (χ4n) is 2.56. The van der Waals surface area contributed by atoms with Crippen molar-refractivity contribution in [2.75, 3.05) is 0 Å². The zero-order valence-corrected chi connectivity index (χ0v) is 12.3. The lowest BCUT2D eigenvalue weighted by Gasteiger charge is -2.17. The zero-order chi connectivity index (χ0) is 14.8. The number of primary sulfonamides is 1. The van der Waals surface area contributed by atoms with Gasteiger partial charge in [-0.3, -0.25) is 4.79 Å². The van der Waals surface area contributed by atoms with Crippen molar-refractivity contribution in [2.24, 2.45) is 11.1 Å². The molecular formula is C14H20N2O3S. The molecule has 0 aromatic heterocycles. The molecule has 0 radical (unpaired) electrons. The molecule has 1 saturated carbocycles. The number of amides is 1. The number of hydrogen-bond acceptors (Lipinski definition) is 3. The molecule has 3 N–H and O–H groups in total. The second-order valence-corrected chi connectivity index (χ2v) is 6.89. The van der Waals surface area contributed by atoms with E-state index in [9.17, 15) is 13.2 Å². The fourth-order valence-corrected chi connectivity index (χ4v) is 3.13. The van der Waals surface area contributed by atoms with E-state index < -0.39 is 10.0 Å². The van der Waals surface area contributed by atoms with E-state index in [0.29, 0.717) is 0 Å². The highest BCUT2D eigenvalue weighted by Gasteiger charge is 2.24. The van der Waals surface area contributed by atoms with Gasteiger partial charge in [-0.25, -0.2) is 13.6 Å². The molecular weight excluding hydrogens is 276 g/mol. The summed E-state index contributed by atoms with van der Waals surface area (Å²) in [5.74, 6) is 0.148. The van der Waals surface area contributed by atoms with Crippen molar-refractivity contribution < 1.29 is 13.2 Å². The molecule has 1 aromatic carbocycles. The molecule has 1 aromatic rings. The summed E-state index contributed by atoms with van der Waals surface area (Å²) in [6.07, 6.45) is 4.09. The van der Waals surface area contributed by atoms with Crippen LogP contribution < -0.4 is 10.5 Å². The summed E-state index contributed by atoms with van der Waals surface area (Å²) < 4.78 is 22.7. The maximum absolute atomic E-state index is 12.1. The zero-order valence-electron chi connectivity index (χ0n) is 11.5. The first-order valence-corrected chi connectivity index (χ1v) is 8.35.